The minimum absolute atomic E-state index is 0.0722. The summed E-state index contributed by atoms with van der Waals surface area (Å²) in [6.07, 6.45) is 3.29. The van der Waals surface area contributed by atoms with Gasteiger partial charge in [0, 0.05) is 19.2 Å². The van der Waals surface area contributed by atoms with E-state index >= 15 is 0 Å². The van der Waals surface area contributed by atoms with Crippen molar-refractivity contribution in [3.8, 4) is 11.5 Å². The van der Waals surface area contributed by atoms with Crippen LogP contribution in [-0.4, -0.2) is 43.5 Å². The summed E-state index contributed by atoms with van der Waals surface area (Å²) in [4.78, 5) is 25.7. The second kappa shape index (κ2) is 7.85. The van der Waals surface area contributed by atoms with E-state index in [-0.39, 0.29) is 23.8 Å². The second-order valence-electron chi connectivity index (χ2n) is 5.80. The zero-order chi connectivity index (χ0) is 16.8. The standard InChI is InChI=1S/C17H24N2O4/c1-3-8-19(10-12-4-5-12)16(20)11-23-15-9-13(22-2)6-7-14(15)17(18)21/h6-7,9,12H,3-5,8,10-11H2,1-2H3,(H2,18,21). The van der Waals surface area contributed by atoms with E-state index in [9.17, 15) is 9.59 Å². The maximum absolute atomic E-state index is 12.4. The van der Waals surface area contributed by atoms with Crippen molar-refractivity contribution in [1.29, 1.82) is 0 Å². The molecule has 1 fully saturated rings. The summed E-state index contributed by atoms with van der Waals surface area (Å²) in [5.41, 5.74) is 5.58. The average molecular weight is 320 g/mol. The zero-order valence-electron chi connectivity index (χ0n) is 13.7. The van der Waals surface area contributed by atoms with Gasteiger partial charge in [-0.15, -0.1) is 0 Å². The quantitative estimate of drug-likeness (QED) is 0.752. The molecule has 1 aliphatic rings. The van der Waals surface area contributed by atoms with Crippen LogP contribution in [0, 0.1) is 5.92 Å². The number of primary amides is 1. The molecule has 23 heavy (non-hydrogen) atoms. The van der Waals surface area contributed by atoms with Crippen molar-refractivity contribution in [2.24, 2.45) is 11.7 Å². The van der Waals surface area contributed by atoms with Crippen LogP contribution in [0.2, 0.25) is 0 Å². The van der Waals surface area contributed by atoms with Gasteiger partial charge in [-0.2, -0.15) is 0 Å². The molecular formula is C17H24N2O4. The van der Waals surface area contributed by atoms with E-state index in [1.165, 1.54) is 26.0 Å². The van der Waals surface area contributed by atoms with Crippen molar-refractivity contribution < 1.29 is 19.1 Å². The number of nitrogens with zero attached hydrogens (tertiary/aromatic N) is 1. The summed E-state index contributed by atoms with van der Waals surface area (Å²) in [5.74, 6) is 0.771. The number of nitrogens with two attached hydrogens (primary N) is 1. The number of carbonyl (C=O) groups is 2. The molecule has 126 valence electrons. The fraction of sp³-hybridized carbons (Fsp3) is 0.529. The summed E-state index contributed by atoms with van der Waals surface area (Å²) in [6, 6.07) is 4.73. The van der Waals surface area contributed by atoms with Crippen LogP contribution < -0.4 is 15.2 Å². The molecule has 6 nitrogen and oxygen atoms in total. The Hall–Kier alpha value is -2.24. The van der Waals surface area contributed by atoms with E-state index in [1.807, 2.05) is 11.8 Å². The molecule has 1 aliphatic carbocycles. The molecule has 0 unspecified atom stereocenters. The van der Waals surface area contributed by atoms with Gasteiger partial charge in [0.15, 0.2) is 6.61 Å². The number of hydrogen-bond acceptors (Lipinski definition) is 4. The van der Waals surface area contributed by atoms with Crippen molar-refractivity contribution >= 4 is 11.8 Å². The fourth-order valence-electron chi connectivity index (χ4n) is 2.38. The van der Waals surface area contributed by atoms with E-state index in [2.05, 4.69) is 0 Å². The summed E-state index contributed by atoms with van der Waals surface area (Å²) in [7, 11) is 1.52. The number of carbonyl (C=O) groups excluding carboxylic acids is 2. The molecule has 1 aromatic rings. The van der Waals surface area contributed by atoms with Crippen molar-refractivity contribution in [1.82, 2.24) is 4.90 Å². The molecule has 0 atom stereocenters. The summed E-state index contributed by atoms with van der Waals surface area (Å²) < 4.78 is 10.7. The highest BCUT2D eigenvalue weighted by atomic mass is 16.5. The van der Waals surface area contributed by atoms with Gasteiger partial charge in [-0.25, -0.2) is 0 Å². The van der Waals surface area contributed by atoms with Crippen molar-refractivity contribution in [3.63, 3.8) is 0 Å². The molecule has 0 spiro atoms. The van der Waals surface area contributed by atoms with E-state index in [0.717, 1.165) is 19.5 Å². The van der Waals surface area contributed by atoms with Gasteiger partial charge in [0.05, 0.1) is 12.7 Å². The van der Waals surface area contributed by atoms with Crippen LogP contribution in [-0.2, 0) is 4.79 Å². The topological polar surface area (TPSA) is 81.9 Å². The largest absolute Gasteiger partial charge is 0.497 e. The first-order valence-electron chi connectivity index (χ1n) is 7.93. The molecule has 0 bridgehead atoms. The van der Waals surface area contributed by atoms with Crippen molar-refractivity contribution in [3.05, 3.63) is 23.8 Å². The van der Waals surface area contributed by atoms with Crippen LogP contribution in [0.5, 0.6) is 11.5 Å². The first-order chi connectivity index (χ1) is 11.0. The van der Waals surface area contributed by atoms with Gasteiger partial charge in [-0.05, 0) is 37.3 Å². The van der Waals surface area contributed by atoms with E-state index < -0.39 is 5.91 Å². The maximum atomic E-state index is 12.4. The Morgan fingerprint density at radius 3 is 2.65 bits per heavy atom. The first kappa shape index (κ1) is 17.1. The fourth-order valence-corrected chi connectivity index (χ4v) is 2.38. The van der Waals surface area contributed by atoms with Gasteiger partial charge in [0.1, 0.15) is 11.5 Å². The predicted octanol–water partition coefficient (Wildman–Crippen LogP) is 1.82. The number of rotatable bonds is 9. The molecule has 2 N–H and O–H groups in total. The summed E-state index contributed by atoms with van der Waals surface area (Å²) in [5, 5.41) is 0. The molecule has 0 saturated heterocycles. The van der Waals surface area contributed by atoms with Crippen molar-refractivity contribution in [2.75, 3.05) is 26.8 Å². The monoisotopic (exact) mass is 320 g/mol. The molecule has 0 radical (unpaired) electrons. The van der Waals surface area contributed by atoms with Gasteiger partial charge >= 0.3 is 0 Å². The Balaban J connectivity index is 2.02. The van der Waals surface area contributed by atoms with E-state index in [1.54, 1.807) is 12.1 Å². The molecule has 0 heterocycles. The van der Waals surface area contributed by atoms with Gasteiger partial charge in [0.2, 0.25) is 0 Å². The molecule has 2 amide bonds. The second-order valence-corrected chi connectivity index (χ2v) is 5.80. The SMILES string of the molecule is CCCN(CC1CC1)C(=O)COc1cc(OC)ccc1C(N)=O. The predicted molar refractivity (Wildman–Crippen MR) is 86.6 cm³/mol. The Morgan fingerprint density at radius 1 is 1.35 bits per heavy atom. The third-order valence-corrected chi connectivity index (χ3v) is 3.83. The van der Waals surface area contributed by atoms with Gasteiger partial charge in [-0.3, -0.25) is 9.59 Å². The Bertz CT molecular complexity index is 570. The smallest absolute Gasteiger partial charge is 0.260 e. The number of hydrogen-bond donors (Lipinski definition) is 1. The van der Waals surface area contributed by atoms with Gasteiger partial charge in [-0.1, -0.05) is 6.92 Å². The molecule has 2 rings (SSSR count). The van der Waals surface area contributed by atoms with Crippen LogP contribution in [0.4, 0.5) is 0 Å². The van der Waals surface area contributed by atoms with Crippen molar-refractivity contribution in [2.45, 2.75) is 26.2 Å². The van der Waals surface area contributed by atoms with Crippen LogP contribution in [0.1, 0.15) is 36.5 Å². The van der Waals surface area contributed by atoms with Crippen LogP contribution >= 0.6 is 0 Å². The normalized spacial score (nSPS) is 13.5. The molecule has 0 aliphatic heterocycles. The van der Waals surface area contributed by atoms with Crippen LogP contribution in [0.3, 0.4) is 0 Å². The Morgan fingerprint density at radius 2 is 2.09 bits per heavy atom. The highest BCUT2D eigenvalue weighted by Crippen LogP contribution is 2.30. The molecule has 0 aromatic heterocycles. The van der Waals surface area contributed by atoms with E-state index in [0.29, 0.717) is 11.7 Å². The number of ether oxygens (including phenoxy) is 2. The van der Waals surface area contributed by atoms with Gasteiger partial charge < -0.3 is 20.1 Å². The lowest BCUT2D eigenvalue weighted by Gasteiger charge is -2.22. The molecule has 1 aromatic carbocycles. The van der Waals surface area contributed by atoms with E-state index in [4.69, 9.17) is 15.2 Å². The molecule has 6 heteroatoms. The molecular weight excluding hydrogens is 296 g/mol. The first-order valence-corrected chi connectivity index (χ1v) is 7.93. The minimum Gasteiger partial charge on any atom is -0.497 e. The summed E-state index contributed by atoms with van der Waals surface area (Å²) >= 11 is 0. The minimum atomic E-state index is -0.599. The maximum Gasteiger partial charge on any atom is 0.260 e. The lowest BCUT2D eigenvalue weighted by atomic mass is 10.2. The Kier molecular flexibility index (Phi) is 5.84. The average Bonchev–Trinajstić information content (AvgIpc) is 3.35. The number of benzene rings is 1. The van der Waals surface area contributed by atoms with Crippen LogP contribution in [0.15, 0.2) is 18.2 Å². The number of amides is 2. The molecule has 1 saturated carbocycles. The highest BCUT2D eigenvalue weighted by molar-refractivity contribution is 5.96. The lowest BCUT2D eigenvalue weighted by Crippen LogP contribution is -2.37. The Labute approximate surface area is 136 Å². The highest BCUT2D eigenvalue weighted by Gasteiger charge is 2.26. The summed E-state index contributed by atoms with van der Waals surface area (Å²) in [6.45, 7) is 3.44. The lowest BCUT2D eigenvalue weighted by molar-refractivity contribution is -0.133. The third-order valence-electron chi connectivity index (χ3n) is 3.83. The zero-order valence-corrected chi connectivity index (χ0v) is 13.7. The van der Waals surface area contributed by atoms with Gasteiger partial charge in [0.25, 0.3) is 11.8 Å². The van der Waals surface area contributed by atoms with Crippen LogP contribution in [0.25, 0.3) is 0 Å². The third kappa shape index (κ3) is 4.87. The number of methoxy groups -OCH3 is 1.